The maximum Gasteiger partial charge on any atom is 0.255 e. The van der Waals surface area contributed by atoms with Crippen LogP contribution < -0.4 is 5.32 Å². The molecular formula is C18H21NO2. The van der Waals surface area contributed by atoms with Crippen LogP contribution in [0.25, 0.3) is 10.8 Å². The van der Waals surface area contributed by atoms with Gasteiger partial charge in [-0.2, -0.15) is 0 Å². The van der Waals surface area contributed by atoms with Gasteiger partial charge in [-0.25, -0.2) is 0 Å². The van der Waals surface area contributed by atoms with Crippen molar-refractivity contribution in [2.45, 2.75) is 32.6 Å². The van der Waals surface area contributed by atoms with Gasteiger partial charge in [0.05, 0.1) is 5.56 Å². The summed E-state index contributed by atoms with van der Waals surface area (Å²) in [7, 11) is 0. The molecule has 1 saturated carbocycles. The maximum atomic E-state index is 12.3. The van der Waals surface area contributed by atoms with E-state index < -0.39 is 0 Å². The van der Waals surface area contributed by atoms with Crippen molar-refractivity contribution in [3.63, 3.8) is 0 Å². The fourth-order valence-corrected chi connectivity index (χ4v) is 3.11. The molecule has 0 unspecified atom stereocenters. The zero-order chi connectivity index (χ0) is 14.9. The van der Waals surface area contributed by atoms with Gasteiger partial charge < -0.3 is 10.4 Å². The molecule has 3 rings (SSSR count). The van der Waals surface area contributed by atoms with Gasteiger partial charge in [-0.3, -0.25) is 4.79 Å². The van der Waals surface area contributed by atoms with Crippen LogP contribution in [0.1, 0.15) is 43.0 Å². The fourth-order valence-electron chi connectivity index (χ4n) is 3.11. The fraction of sp³-hybridized carbons (Fsp3) is 0.389. The third-order valence-electron chi connectivity index (χ3n) is 4.90. The summed E-state index contributed by atoms with van der Waals surface area (Å²) in [6.07, 6.45) is 4.73. The lowest BCUT2D eigenvalue weighted by atomic mass is 9.67. The minimum atomic E-state index is -0.182. The van der Waals surface area contributed by atoms with E-state index in [-0.39, 0.29) is 17.1 Å². The number of aromatic hydroxyl groups is 1. The number of benzene rings is 2. The number of fused-ring (bicyclic) bond motifs is 1. The monoisotopic (exact) mass is 283 g/mol. The van der Waals surface area contributed by atoms with Crippen molar-refractivity contribution < 1.29 is 9.90 Å². The molecule has 3 nitrogen and oxygen atoms in total. The van der Waals surface area contributed by atoms with Crippen LogP contribution >= 0.6 is 0 Å². The number of carbonyl (C=O) groups excluding carboxylic acids is 1. The third-order valence-corrected chi connectivity index (χ3v) is 4.90. The number of hydrogen-bond acceptors (Lipinski definition) is 2. The van der Waals surface area contributed by atoms with Crippen molar-refractivity contribution in [3.8, 4) is 5.75 Å². The third kappa shape index (κ3) is 2.60. The average Bonchev–Trinajstić information content (AvgIpc) is 2.45. The summed E-state index contributed by atoms with van der Waals surface area (Å²) in [5.41, 5.74) is 0.640. The second-order valence-electron chi connectivity index (χ2n) is 6.11. The van der Waals surface area contributed by atoms with Gasteiger partial charge in [0.15, 0.2) is 0 Å². The molecule has 1 aliphatic carbocycles. The van der Waals surface area contributed by atoms with Gasteiger partial charge in [-0.15, -0.1) is 0 Å². The van der Waals surface area contributed by atoms with Crippen LogP contribution in [0.3, 0.4) is 0 Å². The summed E-state index contributed by atoms with van der Waals surface area (Å²) in [4.78, 5) is 12.3. The van der Waals surface area contributed by atoms with E-state index in [0.717, 1.165) is 17.2 Å². The van der Waals surface area contributed by atoms with Crippen LogP contribution in [0, 0.1) is 5.41 Å². The number of rotatable bonds is 4. The molecule has 3 heteroatoms. The summed E-state index contributed by atoms with van der Waals surface area (Å²) in [6, 6.07) is 11.1. The summed E-state index contributed by atoms with van der Waals surface area (Å²) in [5, 5.41) is 15.0. The molecule has 0 saturated heterocycles. The number of nitrogens with one attached hydrogen (secondary N) is 1. The van der Waals surface area contributed by atoms with Crippen molar-refractivity contribution in [3.05, 3.63) is 42.0 Å². The van der Waals surface area contributed by atoms with Crippen molar-refractivity contribution in [1.82, 2.24) is 5.32 Å². The normalized spacial score (nSPS) is 16.4. The van der Waals surface area contributed by atoms with Crippen LogP contribution in [0.4, 0.5) is 0 Å². The highest BCUT2D eigenvalue weighted by Crippen LogP contribution is 2.43. The highest BCUT2D eigenvalue weighted by molar-refractivity contribution is 6.01. The lowest BCUT2D eigenvalue weighted by Gasteiger charge is -2.41. The van der Waals surface area contributed by atoms with Crippen LogP contribution in [0.2, 0.25) is 0 Å². The Balaban J connectivity index is 1.79. The minimum Gasteiger partial charge on any atom is -0.507 e. The summed E-state index contributed by atoms with van der Waals surface area (Å²) in [5.74, 6) is -0.136. The Morgan fingerprint density at radius 1 is 1.24 bits per heavy atom. The van der Waals surface area contributed by atoms with Crippen LogP contribution in [-0.2, 0) is 0 Å². The zero-order valence-corrected chi connectivity index (χ0v) is 12.4. The van der Waals surface area contributed by atoms with Gasteiger partial charge in [0.2, 0.25) is 0 Å². The SMILES string of the molecule is CCC1(CNC(=O)c2cc3ccccc3cc2O)CCC1. The van der Waals surface area contributed by atoms with Crippen molar-refractivity contribution in [1.29, 1.82) is 0 Å². The summed E-state index contributed by atoms with van der Waals surface area (Å²) < 4.78 is 0. The van der Waals surface area contributed by atoms with Crippen LogP contribution in [-0.4, -0.2) is 17.6 Å². The second kappa shape index (κ2) is 5.40. The Morgan fingerprint density at radius 2 is 1.90 bits per heavy atom. The predicted octanol–water partition coefficient (Wildman–Crippen LogP) is 3.86. The first-order valence-electron chi connectivity index (χ1n) is 7.63. The second-order valence-corrected chi connectivity index (χ2v) is 6.11. The van der Waals surface area contributed by atoms with E-state index in [1.54, 1.807) is 12.1 Å². The Kier molecular flexibility index (Phi) is 3.58. The number of amides is 1. The quantitative estimate of drug-likeness (QED) is 0.895. The first-order chi connectivity index (χ1) is 10.1. The first kappa shape index (κ1) is 13.9. The summed E-state index contributed by atoms with van der Waals surface area (Å²) in [6.45, 7) is 2.88. The van der Waals surface area contributed by atoms with E-state index >= 15 is 0 Å². The smallest absolute Gasteiger partial charge is 0.255 e. The van der Waals surface area contributed by atoms with Crippen molar-refractivity contribution in [2.75, 3.05) is 6.54 Å². The molecule has 0 aromatic heterocycles. The number of hydrogen-bond donors (Lipinski definition) is 2. The van der Waals surface area contributed by atoms with E-state index in [2.05, 4.69) is 12.2 Å². The van der Waals surface area contributed by atoms with E-state index in [9.17, 15) is 9.90 Å². The topological polar surface area (TPSA) is 49.3 Å². The van der Waals surface area contributed by atoms with Gasteiger partial charge in [0.1, 0.15) is 5.75 Å². The molecular weight excluding hydrogens is 262 g/mol. The Hall–Kier alpha value is -2.03. The lowest BCUT2D eigenvalue weighted by Crippen LogP contribution is -2.41. The molecule has 0 heterocycles. The molecule has 0 bridgehead atoms. The molecule has 0 atom stereocenters. The van der Waals surface area contributed by atoms with Crippen molar-refractivity contribution >= 4 is 16.7 Å². The van der Waals surface area contributed by atoms with Gasteiger partial charge in [0.25, 0.3) is 5.91 Å². The van der Waals surface area contributed by atoms with Gasteiger partial charge in [-0.1, -0.05) is 37.6 Å². The van der Waals surface area contributed by atoms with E-state index in [0.29, 0.717) is 12.1 Å². The molecule has 2 aromatic carbocycles. The molecule has 1 aliphatic rings. The lowest BCUT2D eigenvalue weighted by molar-refractivity contribution is 0.0848. The molecule has 0 radical (unpaired) electrons. The van der Waals surface area contributed by atoms with Gasteiger partial charge >= 0.3 is 0 Å². The molecule has 0 spiro atoms. The first-order valence-corrected chi connectivity index (χ1v) is 7.63. The highest BCUT2D eigenvalue weighted by Gasteiger charge is 2.35. The molecule has 110 valence electrons. The Morgan fingerprint density at radius 3 is 2.48 bits per heavy atom. The van der Waals surface area contributed by atoms with E-state index in [1.807, 2.05) is 24.3 Å². The maximum absolute atomic E-state index is 12.3. The summed E-state index contributed by atoms with van der Waals surface area (Å²) >= 11 is 0. The highest BCUT2D eigenvalue weighted by atomic mass is 16.3. The average molecular weight is 283 g/mol. The van der Waals surface area contributed by atoms with Crippen LogP contribution in [0.15, 0.2) is 36.4 Å². The molecule has 2 aromatic rings. The van der Waals surface area contributed by atoms with E-state index in [1.165, 1.54) is 19.3 Å². The number of phenols is 1. The molecule has 2 N–H and O–H groups in total. The van der Waals surface area contributed by atoms with Gasteiger partial charge in [0, 0.05) is 6.54 Å². The number of carbonyl (C=O) groups is 1. The largest absolute Gasteiger partial charge is 0.507 e. The standard InChI is InChI=1S/C18H21NO2/c1-2-18(8-5-9-18)12-19-17(21)15-10-13-6-3-4-7-14(13)11-16(15)20/h3-4,6-7,10-11,20H,2,5,8-9,12H2,1H3,(H,19,21). The molecule has 21 heavy (non-hydrogen) atoms. The minimum absolute atomic E-state index is 0.0466. The van der Waals surface area contributed by atoms with Gasteiger partial charge in [-0.05, 0) is 47.6 Å². The number of phenolic OH excluding ortho intramolecular Hbond substituents is 1. The zero-order valence-electron chi connectivity index (χ0n) is 12.4. The molecule has 1 fully saturated rings. The molecule has 0 aliphatic heterocycles. The van der Waals surface area contributed by atoms with Crippen molar-refractivity contribution in [2.24, 2.45) is 5.41 Å². The van der Waals surface area contributed by atoms with E-state index in [4.69, 9.17) is 0 Å². The Bertz CT molecular complexity index is 668. The Labute approximate surface area is 125 Å². The molecule has 1 amide bonds. The van der Waals surface area contributed by atoms with Crippen LogP contribution in [0.5, 0.6) is 5.75 Å². The predicted molar refractivity (Wildman–Crippen MR) is 84.5 cm³/mol.